The second-order valence-corrected chi connectivity index (χ2v) is 14.7. The molecule has 0 amide bonds. The molecule has 3 nitrogen and oxygen atoms in total. The highest BCUT2D eigenvalue weighted by molar-refractivity contribution is 7.26. The number of aromatic nitrogens is 3. The highest BCUT2D eigenvalue weighted by Crippen LogP contribution is 2.42. The van der Waals surface area contributed by atoms with E-state index in [4.69, 9.17) is 15.0 Å². The molecule has 0 aliphatic heterocycles. The van der Waals surface area contributed by atoms with Gasteiger partial charge >= 0.3 is 0 Å². The van der Waals surface area contributed by atoms with Crippen molar-refractivity contribution >= 4 is 31.5 Å². The number of hydrogen-bond donors (Lipinski definition) is 0. The van der Waals surface area contributed by atoms with Gasteiger partial charge in [-0.25, -0.2) is 15.0 Å². The van der Waals surface area contributed by atoms with Crippen molar-refractivity contribution in [3.05, 3.63) is 200 Å². The van der Waals surface area contributed by atoms with Crippen molar-refractivity contribution in [1.82, 2.24) is 15.0 Å². The molecule has 0 saturated heterocycles. The fourth-order valence-electron chi connectivity index (χ4n) is 7.39. The van der Waals surface area contributed by atoms with Crippen LogP contribution in [0.3, 0.4) is 0 Å². The lowest BCUT2D eigenvalue weighted by atomic mass is 9.91. The van der Waals surface area contributed by atoms with E-state index in [-0.39, 0.29) is 0 Å². The van der Waals surface area contributed by atoms with Gasteiger partial charge < -0.3 is 0 Å². The third kappa shape index (κ3) is 6.39. The Bertz CT molecular complexity index is 2900. The zero-order chi connectivity index (χ0) is 36.6. The van der Waals surface area contributed by atoms with Gasteiger partial charge in [0.15, 0.2) is 17.5 Å². The van der Waals surface area contributed by atoms with E-state index < -0.39 is 0 Å². The molecule has 0 aliphatic carbocycles. The van der Waals surface area contributed by atoms with E-state index in [2.05, 4.69) is 164 Å². The third-order valence-corrected chi connectivity index (χ3v) is 11.2. The lowest BCUT2D eigenvalue weighted by Gasteiger charge is -2.13. The van der Waals surface area contributed by atoms with Crippen LogP contribution in [-0.4, -0.2) is 15.0 Å². The fourth-order valence-corrected chi connectivity index (χ4v) is 8.50. The van der Waals surface area contributed by atoms with Crippen LogP contribution < -0.4 is 0 Å². The summed E-state index contributed by atoms with van der Waals surface area (Å²) in [5.74, 6) is 1.97. The van der Waals surface area contributed by atoms with Gasteiger partial charge in [0.05, 0.1) is 0 Å². The Labute approximate surface area is 323 Å². The average molecular weight is 720 g/mol. The molecule has 0 atom stereocenters. The summed E-state index contributed by atoms with van der Waals surface area (Å²) in [4.78, 5) is 15.2. The number of nitrogens with zero attached hydrogens (tertiary/aromatic N) is 3. The summed E-state index contributed by atoms with van der Waals surface area (Å²) in [6.07, 6.45) is 0. The van der Waals surface area contributed by atoms with E-state index in [1.54, 1.807) is 11.3 Å². The van der Waals surface area contributed by atoms with Crippen LogP contribution in [0.4, 0.5) is 0 Å². The minimum Gasteiger partial charge on any atom is -0.208 e. The van der Waals surface area contributed by atoms with Crippen LogP contribution in [0.25, 0.3) is 98.8 Å². The van der Waals surface area contributed by atoms with Gasteiger partial charge in [-0.2, -0.15) is 0 Å². The molecule has 0 fully saturated rings. The van der Waals surface area contributed by atoms with Crippen molar-refractivity contribution in [1.29, 1.82) is 0 Å². The molecule has 2 aromatic heterocycles. The van der Waals surface area contributed by atoms with Crippen LogP contribution in [0, 0.1) is 0 Å². The summed E-state index contributed by atoms with van der Waals surface area (Å²) in [6.45, 7) is 0. The minimum absolute atomic E-state index is 0.656. The van der Waals surface area contributed by atoms with E-state index >= 15 is 0 Å². The fraction of sp³-hybridized carbons (Fsp3) is 0. The number of benzene rings is 8. The van der Waals surface area contributed by atoms with Gasteiger partial charge in [-0.15, -0.1) is 11.3 Å². The second-order valence-electron chi connectivity index (χ2n) is 13.6. The summed E-state index contributed by atoms with van der Waals surface area (Å²) < 4.78 is 2.42. The molecule has 0 saturated carbocycles. The Kier molecular flexibility index (Phi) is 8.36. The van der Waals surface area contributed by atoms with Gasteiger partial charge in [0, 0.05) is 36.9 Å². The Hall–Kier alpha value is -7.01. The average Bonchev–Trinajstić information content (AvgIpc) is 3.66. The first-order valence-corrected chi connectivity index (χ1v) is 19.2. The maximum atomic E-state index is 5.12. The first-order chi connectivity index (χ1) is 27.2. The van der Waals surface area contributed by atoms with Gasteiger partial charge in [-0.1, -0.05) is 158 Å². The van der Waals surface area contributed by atoms with E-state index in [0.717, 1.165) is 33.2 Å². The quantitative estimate of drug-likeness (QED) is 0.165. The van der Waals surface area contributed by atoms with Crippen LogP contribution in [0.5, 0.6) is 0 Å². The van der Waals surface area contributed by atoms with Crippen LogP contribution in [0.1, 0.15) is 0 Å². The zero-order valence-corrected chi connectivity index (χ0v) is 30.6. The number of hydrogen-bond acceptors (Lipinski definition) is 4. The normalized spacial score (nSPS) is 11.3. The largest absolute Gasteiger partial charge is 0.208 e. The molecule has 0 unspecified atom stereocenters. The Morgan fingerprint density at radius 3 is 1.27 bits per heavy atom. The van der Waals surface area contributed by atoms with Crippen LogP contribution in [0.2, 0.25) is 0 Å². The monoisotopic (exact) mass is 719 g/mol. The Balaban J connectivity index is 1.15. The minimum atomic E-state index is 0.656. The van der Waals surface area contributed by atoms with Crippen molar-refractivity contribution < 1.29 is 0 Å². The Morgan fingerprint density at radius 2 is 0.691 bits per heavy atom. The van der Waals surface area contributed by atoms with Crippen molar-refractivity contribution in [2.45, 2.75) is 0 Å². The Morgan fingerprint density at radius 1 is 0.273 bits per heavy atom. The molecular formula is C51H33N3S. The van der Waals surface area contributed by atoms with Gasteiger partial charge in [-0.3, -0.25) is 0 Å². The van der Waals surface area contributed by atoms with Gasteiger partial charge in [0.2, 0.25) is 0 Å². The lowest BCUT2D eigenvalue weighted by molar-refractivity contribution is 1.08. The van der Waals surface area contributed by atoms with Gasteiger partial charge in [0.1, 0.15) is 0 Å². The van der Waals surface area contributed by atoms with E-state index in [1.165, 1.54) is 48.2 Å². The first kappa shape index (κ1) is 32.6. The van der Waals surface area contributed by atoms with Crippen molar-refractivity contribution in [2.24, 2.45) is 0 Å². The third-order valence-electron chi connectivity index (χ3n) is 10.1. The van der Waals surface area contributed by atoms with Crippen LogP contribution in [-0.2, 0) is 0 Å². The molecule has 2 heterocycles. The number of rotatable bonds is 7. The van der Waals surface area contributed by atoms with E-state index in [1.807, 2.05) is 36.4 Å². The summed E-state index contributed by atoms with van der Waals surface area (Å²) in [5, 5.41) is 2.34. The zero-order valence-electron chi connectivity index (χ0n) is 29.8. The summed E-state index contributed by atoms with van der Waals surface area (Å²) in [6, 6.07) is 70.7. The molecule has 8 aromatic carbocycles. The molecule has 0 aliphatic rings. The van der Waals surface area contributed by atoms with E-state index in [9.17, 15) is 0 Å². The SMILES string of the molecule is c1ccc(-c2cccc(-c3cc(-c4ccccc4)cc(-c4ccc5sc6cccc(-c7nc(-c8ccccc8)nc(-c8ccccc8)n7)c6c5c4)c3)c2)cc1. The summed E-state index contributed by atoms with van der Waals surface area (Å²) in [7, 11) is 0. The van der Waals surface area contributed by atoms with Crippen LogP contribution >= 0.6 is 11.3 Å². The molecule has 0 N–H and O–H groups in total. The smallest absolute Gasteiger partial charge is 0.164 e. The van der Waals surface area contributed by atoms with Gasteiger partial charge in [0.25, 0.3) is 0 Å². The molecule has 0 spiro atoms. The molecule has 258 valence electrons. The summed E-state index contributed by atoms with van der Waals surface area (Å²) >= 11 is 1.80. The molecular weight excluding hydrogens is 687 g/mol. The predicted octanol–water partition coefficient (Wildman–Crippen LogP) is 13.9. The standard InChI is InChI=1S/C51H33N3S/c1-5-15-34(16-6-1)38-23-13-24-39(29-38)42-30-41(35-17-7-2-8-18-35)31-43(32-42)40-27-28-46-45(33-40)48-44(25-14-26-47(48)55-46)51-53-49(36-19-9-3-10-20-36)52-50(54-51)37-21-11-4-12-22-37/h1-33H. The number of fused-ring (bicyclic) bond motifs is 3. The van der Waals surface area contributed by atoms with Gasteiger partial charge in [-0.05, 0) is 87.0 Å². The molecule has 55 heavy (non-hydrogen) atoms. The summed E-state index contributed by atoms with van der Waals surface area (Å²) in [5.41, 5.74) is 12.4. The first-order valence-electron chi connectivity index (χ1n) is 18.4. The van der Waals surface area contributed by atoms with E-state index in [0.29, 0.717) is 17.5 Å². The second kappa shape index (κ2) is 14.1. The molecule has 0 radical (unpaired) electrons. The highest BCUT2D eigenvalue weighted by Gasteiger charge is 2.18. The highest BCUT2D eigenvalue weighted by atomic mass is 32.1. The molecule has 10 rings (SSSR count). The van der Waals surface area contributed by atoms with Crippen LogP contribution in [0.15, 0.2) is 200 Å². The van der Waals surface area contributed by atoms with Crippen molar-refractivity contribution in [3.8, 4) is 78.7 Å². The molecule has 0 bridgehead atoms. The van der Waals surface area contributed by atoms with Crippen molar-refractivity contribution in [2.75, 3.05) is 0 Å². The van der Waals surface area contributed by atoms with Crippen molar-refractivity contribution in [3.63, 3.8) is 0 Å². The predicted molar refractivity (Wildman–Crippen MR) is 231 cm³/mol. The molecule has 4 heteroatoms. The maximum Gasteiger partial charge on any atom is 0.164 e. The maximum absolute atomic E-state index is 5.12. The number of thiophene rings is 1. The topological polar surface area (TPSA) is 38.7 Å². The lowest BCUT2D eigenvalue weighted by Crippen LogP contribution is -2.00. The molecule has 10 aromatic rings.